The fraction of sp³-hybridized carbons (Fsp3) is 0.471. The van der Waals surface area contributed by atoms with Crippen LogP contribution in [0.25, 0.3) is 11.1 Å². The Morgan fingerprint density at radius 3 is 2.21 bits per heavy atom. The fourth-order valence-corrected chi connectivity index (χ4v) is 6.04. The lowest BCUT2D eigenvalue weighted by Gasteiger charge is -2.30. The summed E-state index contributed by atoms with van der Waals surface area (Å²) in [5.74, 6) is -0.871. The van der Waals surface area contributed by atoms with E-state index in [1.54, 1.807) is 0 Å². The van der Waals surface area contributed by atoms with E-state index >= 15 is 0 Å². The summed E-state index contributed by atoms with van der Waals surface area (Å²) in [5.41, 5.74) is 5.11. The van der Waals surface area contributed by atoms with Crippen LogP contribution in [0.15, 0.2) is 64.9 Å². The van der Waals surface area contributed by atoms with Crippen LogP contribution in [-0.4, -0.2) is 53.0 Å². The molecule has 2 aromatic rings. The van der Waals surface area contributed by atoms with E-state index in [0.29, 0.717) is 49.9 Å². The van der Waals surface area contributed by atoms with Crippen molar-refractivity contribution < 1.29 is 29.3 Å². The summed E-state index contributed by atoms with van der Waals surface area (Å²) in [6, 6.07) is 15.5. The number of carboxylic acid groups (broad SMARTS) is 1. The molecule has 224 valence electrons. The average molecular weight is 575 g/mol. The number of amides is 1. The van der Waals surface area contributed by atoms with E-state index in [4.69, 9.17) is 4.74 Å². The summed E-state index contributed by atoms with van der Waals surface area (Å²) in [7, 11) is 0. The lowest BCUT2D eigenvalue weighted by atomic mass is 9.75. The molecule has 0 fully saturated rings. The number of allylic oxidation sites excluding steroid dienone is 2. The molecule has 1 atom stereocenters. The molecule has 3 N–H and O–H groups in total. The first-order valence-corrected chi connectivity index (χ1v) is 14.8. The predicted molar refractivity (Wildman–Crippen MR) is 163 cm³/mol. The number of aliphatic hydroxyl groups excluding tert-OH is 1. The van der Waals surface area contributed by atoms with Crippen molar-refractivity contribution in [1.82, 2.24) is 5.32 Å². The number of hydrogen-bond donors (Lipinski definition) is 3. The van der Waals surface area contributed by atoms with Gasteiger partial charge in [-0.3, -0.25) is 14.6 Å². The highest BCUT2D eigenvalue weighted by atomic mass is 16.5. The normalized spacial score (nSPS) is 17.2. The van der Waals surface area contributed by atoms with Crippen molar-refractivity contribution >= 4 is 23.6 Å². The molecule has 0 unspecified atom stereocenters. The Balaban J connectivity index is 1.37. The number of aliphatic imine (C=N–C) groups is 1. The van der Waals surface area contributed by atoms with Gasteiger partial charge in [-0.2, -0.15) is 0 Å². The predicted octanol–water partition coefficient (Wildman–Crippen LogP) is 6.84. The molecule has 0 saturated heterocycles. The average Bonchev–Trinajstić information content (AvgIpc) is 3.21. The monoisotopic (exact) mass is 574 g/mol. The van der Waals surface area contributed by atoms with Gasteiger partial charge in [-0.15, -0.1) is 0 Å². The van der Waals surface area contributed by atoms with E-state index in [2.05, 4.69) is 22.4 Å². The molecule has 0 aromatic heterocycles. The van der Waals surface area contributed by atoms with Gasteiger partial charge >= 0.3 is 12.1 Å². The number of nitrogens with one attached hydrogen (secondary N) is 1. The minimum atomic E-state index is -1.02. The smallest absolute Gasteiger partial charge is 0.407 e. The Morgan fingerprint density at radius 2 is 1.64 bits per heavy atom. The van der Waals surface area contributed by atoms with E-state index < -0.39 is 18.1 Å². The van der Waals surface area contributed by atoms with E-state index in [0.717, 1.165) is 22.3 Å². The van der Waals surface area contributed by atoms with Crippen molar-refractivity contribution in [2.45, 2.75) is 78.2 Å². The fourth-order valence-electron chi connectivity index (χ4n) is 6.04. The van der Waals surface area contributed by atoms with Gasteiger partial charge in [0.2, 0.25) is 0 Å². The van der Waals surface area contributed by atoms with Gasteiger partial charge in [-0.1, -0.05) is 76.2 Å². The summed E-state index contributed by atoms with van der Waals surface area (Å²) < 4.78 is 5.62. The van der Waals surface area contributed by atoms with Crippen LogP contribution >= 0.6 is 0 Å². The number of ether oxygens (including phenoxy) is 1. The van der Waals surface area contributed by atoms with Crippen LogP contribution in [0, 0.1) is 11.3 Å². The molecule has 0 aliphatic heterocycles. The number of carbonyl (C=O) groups excluding carboxylic acids is 2. The van der Waals surface area contributed by atoms with Gasteiger partial charge in [0.15, 0.2) is 5.78 Å². The van der Waals surface area contributed by atoms with Crippen LogP contribution in [0.2, 0.25) is 0 Å². The molecular formula is C34H42N2O6. The Kier molecular flexibility index (Phi) is 9.86. The van der Waals surface area contributed by atoms with Crippen molar-refractivity contribution in [3.05, 3.63) is 71.0 Å². The molecule has 0 spiro atoms. The zero-order chi connectivity index (χ0) is 30.4. The molecule has 2 aromatic carbocycles. The van der Waals surface area contributed by atoms with Crippen molar-refractivity contribution in [3.8, 4) is 11.1 Å². The number of carbonyl (C=O) groups is 3. The Morgan fingerprint density at radius 1 is 1.02 bits per heavy atom. The zero-order valence-corrected chi connectivity index (χ0v) is 25.0. The number of alkyl carbamates (subject to hydrolysis) is 1. The molecule has 2 aliphatic rings. The number of Topliss-reactive ketones (excluding diaryl/α,β-unsaturated/α-hetero) is 1. The summed E-state index contributed by atoms with van der Waals surface area (Å²) in [4.78, 5) is 41.9. The van der Waals surface area contributed by atoms with Crippen LogP contribution in [0.1, 0.15) is 83.3 Å². The SMILES string of the molecule is CC(C)CC(=NCCC[C@@H](CC(=O)O)NC(=O)OCC1c2ccccc2-c2ccccc21)C1=C(O)CC(C)(C)CC1=O. The Hall–Kier alpha value is -3.94. The number of aliphatic carboxylic acids is 1. The number of ketones is 1. The number of rotatable bonds is 12. The highest BCUT2D eigenvalue weighted by molar-refractivity contribution is 6.23. The zero-order valence-electron chi connectivity index (χ0n) is 25.0. The number of carboxylic acids is 1. The van der Waals surface area contributed by atoms with Gasteiger partial charge in [0.1, 0.15) is 12.4 Å². The second-order valence-corrected chi connectivity index (χ2v) is 12.6. The molecule has 0 bridgehead atoms. The van der Waals surface area contributed by atoms with Crippen LogP contribution in [0.3, 0.4) is 0 Å². The summed E-state index contributed by atoms with van der Waals surface area (Å²) in [6.07, 6.45) is 1.31. The van der Waals surface area contributed by atoms with Crippen LogP contribution in [0.5, 0.6) is 0 Å². The highest BCUT2D eigenvalue weighted by Gasteiger charge is 2.35. The summed E-state index contributed by atoms with van der Waals surface area (Å²) >= 11 is 0. The number of nitrogens with zero attached hydrogens (tertiary/aromatic N) is 1. The van der Waals surface area contributed by atoms with Crippen molar-refractivity contribution in [2.24, 2.45) is 16.3 Å². The third-order valence-electron chi connectivity index (χ3n) is 7.84. The molecular weight excluding hydrogens is 532 g/mol. The van der Waals surface area contributed by atoms with E-state index in [-0.39, 0.29) is 41.8 Å². The van der Waals surface area contributed by atoms with Gasteiger partial charge in [0.25, 0.3) is 0 Å². The molecule has 0 saturated carbocycles. The number of benzene rings is 2. The highest BCUT2D eigenvalue weighted by Crippen LogP contribution is 2.44. The van der Waals surface area contributed by atoms with Gasteiger partial charge in [0, 0.05) is 37.1 Å². The molecule has 4 rings (SSSR count). The maximum atomic E-state index is 12.9. The first kappa shape index (κ1) is 31.0. The largest absolute Gasteiger partial charge is 0.511 e. The number of fused-ring (bicyclic) bond motifs is 3. The molecule has 8 heteroatoms. The number of aliphatic hydroxyl groups is 1. The molecule has 2 aliphatic carbocycles. The van der Waals surface area contributed by atoms with Crippen molar-refractivity contribution in [1.29, 1.82) is 0 Å². The van der Waals surface area contributed by atoms with Gasteiger partial charge in [-0.25, -0.2) is 4.79 Å². The summed E-state index contributed by atoms with van der Waals surface area (Å²) in [5, 5.41) is 22.9. The van der Waals surface area contributed by atoms with Crippen molar-refractivity contribution in [3.63, 3.8) is 0 Å². The van der Waals surface area contributed by atoms with E-state index in [1.807, 2.05) is 64.1 Å². The first-order chi connectivity index (χ1) is 19.9. The molecule has 42 heavy (non-hydrogen) atoms. The molecule has 0 heterocycles. The van der Waals surface area contributed by atoms with E-state index in [9.17, 15) is 24.6 Å². The van der Waals surface area contributed by atoms with Crippen LogP contribution < -0.4 is 5.32 Å². The topological polar surface area (TPSA) is 125 Å². The second kappa shape index (κ2) is 13.4. The maximum absolute atomic E-state index is 12.9. The first-order valence-electron chi connectivity index (χ1n) is 14.8. The standard InChI is InChI=1S/C34H42N2O6/c1-21(2)16-28(32-29(37)18-34(3,4)19-30(32)38)35-15-9-10-22(17-31(39)40)36-33(41)42-20-27-25-13-7-5-11-23(25)24-12-6-8-14-26(24)27/h5-8,11-14,21-22,27,37H,9-10,15-20H2,1-4H3,(H,36,41)(H,39,40)/t22-/m0/s1. The lowest BCUT2D eigenvalue weighted by molar-refractivity contribution is -0.137. The Bertz CT molecular complexity index is 1340. The molecule has 1 amide bonds. The van der Waals surface area contributed by atoms with Gasteiger partial charge in [0.05, 0.1) is 12.0 Å². The van der Waals surface area contributed by atoms with Crippen LogP contribution in [-0.2, 0) is 14.3 Å². The quantitative estimate of drug-likeness (QED) is 0.188. The van der Waals surface area contributed by atoms with Gasteiger partial charge in [-0.05, 0) is 52.8 Å². The Labute approximate surface area is 247 Å². The summed E-state index contributed by atoms with van der Waals surface area (Å²) in [6.45, 7) is 8.48. The van der Waals surface area contributed by atoms with Crippen LogP contribution in [0.4, 0.5) is 4.79 Å². The minimum Gasteiger partial charge on any atom is -0.511 e. The van der Waals surface area contributed by atoms with Gasteiger partial charge < -0.3 is 20.3 Å². The third-order valence-corrected chi connectivity index (χ3v) is 7.84. The minimum absolute atomic E-state index is 0.0893. The maximum Gasteiger partial charge on any atom is 0.407 e. The lowest BCUT2D eigenvalue weighted by Crippen LogP contribution is -2.37. The third kappa shape index (κ3) is 7.66. The van der Waals surface area contributed by atoms with Crippen molar-refractivity contribution in [2.75, 3.05) is 13.2 Å². The second-order valence-electron chi connectivity index (χ2n) is 12.6. The number of hydrogen-bond acceptors (Lipinski definition) is 6. The van der Waals surface area contributed by atoms with E-state index in [1.165, 1.54) is 0 Å². The molecule has 8 nitrogen and oxygen atoms in total. The molecule has 0 radical (unpaired) electrons.